The van der Waals surface area contributed by atoms with Crippen LogP contribution in [0.1, 0.15) is 17.3 Å². The predicted molar refractivity (Wildman–Crippen MR) is 98.3 cm³/mol. The second-order valence-electron chi connectivity index (χ2n) is 6.43. The molecule has 0 aliphatic carbocycles. The number of amides is 2. The first-order chi connectivity index (χ1) is 12.6. The van der Waals surface area contributed by atoms with Crippen molar-refractivity contribution in [3.63, 3.8) is 0 Å². The van der Waals surface area contributed by atoms with E-state index in [1.807, 2.05) is 12.1 Å². The third kappa shape index (κ3) is 2.28. The number of methoxy groups -OCH3 is 1. The molecule has 0 saturated heterocycles. The fourth-order valence-electron chi connectivity index (χ4n) is 3.38. The van der Waals surface area contributed by atoms with E-state index < -0.39 is 5.54 Å². The van der Waals surface area contributed by atoms with E-state index in [2.05, 4.69) is 15.3 Å². The van der Waals surface area contributed by atoms with E-state index in [4.69, 9.17) is 4.74 Å². The first-order valence-corrected chi connectivity index (χ1v) is 8.22. The smallest absolute Gasteiger partial charge is 0.259 e. The van der Waals surface area contributed by atoms with E-state index in [9.17, 15) is 9.59 Å². The predicted octanol–water partition coefficient (Wildman–Crippen LogP) is 2.57. The van der Waals surface area contributed by atoms with E-state index in [0.29, 0.717) is 22.6 Å². The van der Waals surface area contributed by atoms with Gasteiger partial charge in [0.15, 0.2) is 0 Å². The summed E-state index contributed by atoms with van der Waals surface area (Å²) in [5, 5.41) is 3.62. The lowest BCUT2D eigenvalue weighted by atomic mass is 9.93. The standard InChI is InChI=1S/C19H18N4O3/c1-19(11-26-2)18(25)22-14-10-21-16-13(8-9-20-16)15(14)23(19)17(24)12-6-4-3-5-7-12/h3-10H,11H2,1-2H3,(H,20,21)(H,22,25). The summed E-state index contributed by atoms with van der Waals surface area (Å²) in [5.41, 5.74) is 1.06. The highest BCUT2D eigenvalue weighted by molar-refractivity contribution is 6.22. The molecular formula is C19H18N4O3. The van der Waals surface area contributed by atoms with Gasteiger partial charge in [-0.1, -0.05) is 18.2 Å². The van der Waals surface area contributed by atoms with Crippen LogP contribution in [-0.4, -0.2) is 41.0 Å². The third-order valence-electron chi connectivity index (χ3n) is 4.66. The molecule has 132 valence electrons. The number of hydrogen-bond donors (Lipinski definition) is 2. The van der Waals surface area contributed by atoms with Gasteiger partial charge in [-0.2, -0.15) is 0 Å². The van der Waals surface area contributed by atoms with Gasteiger partial charge in [0.25, 0.3) is 11.8 Å². The maximum Gasteiger partial charge on any atom is 0.259 e. The average molecular weight is 350 g/mol. The number of aromatic amines is 1. The molecule has 0 radical (unpaired) electrons. The van der Waals surface area contributed by atoms with Gasteiger partial charge in [-0.05, 0) is 25.1 Å². The molecule has 7 nitrogen and oxygen atoms in total. The summed E-state index contributed by atoms with van der Waals surface area (Å²) in [6.07, 6.45) is 3.32. The van der Waals surface area contributed by atoms with Crippen LogP contribution in [-0.2, 0) is 9.53 Å². The van der Waals surface area contributed by atoms with Crippen molar-refractivity contribution >= 4 is 34.2 Å². The summed E-state index contributed by atoms with van der Waals surface area (Å²) in [5.74, 6) is -0.581. The van der Waals surface area contributed by atoms with E-state index in [-0.39, 0.29) is 18.4 Å². The number of nitrogens with one attached hydrogen (secondary N) is 2. The van der Waals surface area contributed by atoms with Crippen LogP contribution in [0.15, 0.2) is 48.8 Å². The number of carbonyl (C=O) groups is 2. The number of pyridine rings is 1. The molecule has 1 aromatic carbocycles. The third-order valence-corrected chi connectivity index (χ3v) is 4.66. The van der Waals surface area contributed by atoms with Crippen molar-refractivity contribution in [2.75, 3.05) is 23.9 Å². The largest absolute Gasteiger partial charge is 0.382 e. The van der Waals surface area contributed by atoms with Crippen LogP contribution in [0.25, 0.3) is 11.0 Å². The number of aromatic nitrogens is 2. The summed E-state index contributed by atoms with van der Waals surface area (Å²) in [6.45, 7) is 1.76. The number of fused-ring (bicyclic) bond motifs is 3. The Bertz CT molecular complexity index is 998. The molecule has 1 aliphatic rings. The molecule has 3 aromatic rings. The Morgan fingerprint density at radius 3 is 2.77 bits per heavy atom. The number of benzene rings is 1. The van der Waals surface area contributed by atoms with Crippen LogP contribution in [0.5, 0.6) is 0 Å². The quantitative estimate of drug-likeness (QED) is 0.760. The van der Waals surface area contributed by atoms with E-state index in [0.717, 1.165) is 5.39 Å². The number of rotatable bonds is 3. The van der Waals surface area contributed by atoms with Gasteiger partial charge in [-0.25, -0.2) is 4.98 Å². The van der Waals surface area contributed by atoms with E-state index >= 15 is 0 Å². The van der Waals surface area contributed by atoms with Crippen LogP contribution < -0.4 is 10.2 Å². The summed E-state index contributed by atoms with van der Waals surface area (Å²) < 4.78 is 5.30. The molecule has 26 heavy (non-hydrogen) atoms. The number of nitrogens with zero attached hydrogens (tertiary/aromatic N) is 2. The molecule has 4 rings (SSSR count). The first-order valence-electron chi connectivity index (χ1n) is 8.22. The van der Waals surface area contributed by atoms with E-state index in [1.54, 1.807) is 43.6 Å². The van der Waals surface area contributed by atoms with Crippen molar-refractivity contribution in [1.29, 1.82) is 0 Å². The number of hydrogen-bond acceptors (Lipinski definition) is 4. The molecule has 1 atom stereocenters. The highest BCUT2D eigenvalue weighted by atomic mass is 16.5. The molecule has 1 aliphatic heterocycles. The second kappa shape index (κ2) is 5.96. The average Bonchev–Trinajstić information content (AvgIpc) is 3.12. The fraction of sp³-hybridized carbons (Fsp3) is 0.211. The summed E-state index contributed by atoms with van der Waals surface area (Å²) >= 11 is 0. The minimum absolute atomic E-state index is 0.0606. The Morgan fingerprint density at radius 2 is 2.04 bits per heavy atom. The topological polar surface area (TPSA) is 87.3 Å². The van der Waals surface area contributed by atoms with Gasteiger partial charge in [-0.3, -0.25) is 14.5 Å². The normalized spacial score (nSPS) is 19.3. The molecule has 0 saturated carbocycles. The molecule has 2 N–H and O–H groups in total. The second-order valence-corrected chi connectivity index (χ2v) is 6.43. The molecule has 0 spiro atoms. The van der Waals surface area contributed by atoms with E-state index in [1.165, 1.54) is 12.0 Å². The van der Waals surface area contributed by atoms with Gasteiger partial charge < -0.3 is 15.0 Å². The fourth-order valence-corrected chi connectivity index (χ4v) is 3.38. The van der Waals surface area contributed by atoms with Gasteiger partial charge in [0.1, 0.15) is 11.2 Å². The molecule has 1 unspecified atom stereocenters. The summed E-state index contributed by atoms with van der Waals surface area (Å²) in [4.78, 5) is 35.2. The highest BCUT2D eigenvalue weighted by Gasteiger charge is 2.48. The van der Waals surface area contributed by atoms with Crippen LogP contribution in [0, 0.1) is 0 Å². The molecule has 7 heteroatoms. The Labute approximate surface area is 150 Å². The summed E-state index contributed by atoms with van der Waals surface area (Å²) in [6, 6.07) is 10.7. The number of carbonyl (C=O) groups excluding carboxylic acids is 2. The lowest BCUT2D eigenvalue weighted by Crippen LogP contribution is -2.62. The van der Waals surface area contributed by atoms with Crippen molar-refractivity contribution < 1.29 is 14.3 Å². The van der Waals surface area contributed by atoms with Gasteiger partial charge in [-0.15, -0.1) is 0 Å². The minimum Gasteiger partial charge on any atom is -0.382 e. The SMILES string of the molecule is COCC1(C)C(=O)Nc2cnc3[nH]ccc3c2N1C(=O)c1ccccc1. The van der Waals surface area contributed by atoms with Crippen molar-refractivity contribution in [3.05, 3.63) is 54.4 Å². The number of H-pyrrole nitrogens is 1. The zero-order valence-corrected chi connectivity index (χ0v) is 14.4. The number of ether oxygens (including phenoxy) is 1. The molecule has 0 fully saturated rings. The van der Waals surface area contributed by atoms with Crippen LogP contribution in [0.2, 0.25) is 0 Å². The molecule has 2 aromatic heterocycles. The maximum absolute atomic E-state index is 13.4. The molecular weight excluding hydrogens is 332 g/mol. The van der Waals surface area contributed by atoms with Crippen LogP contribution in [0.3, 0.4) is 0 Å². The molecule has 2 amide bonds. The molecule has 0 bridgehead atoms. The lowest BCUT2D eigenvalue weighted by molar-refractivity contribution is -0.122. The zero-order chi connectivity index (χ0) is 18.3. The van der Waals surface area contributed by atoms with Gasteiger partial charge >= 0.3 is 0 Å². The Balaban J connectivity index is 1.98. The lowest BCUT2D eigenvalue weighted by Gasteiger charge is -2.43. The monoisotopic (exact) mass is 350 g/mol. The first kappa shape index (κ1) is 16.3. The van der Waals surface area contributed by atoms with Crippen LogP contribution >= 0.6 is 0 Å². The Kier molecular flexibility index (Phi) is 3.73. The Hall–Kier alpha value is -3.19. The van der Waals surface area contributed by atoms with Gasteiger partial charge in [0, 0.05) is 24.3 Å². The van der Waals surface area contributed by atoms with Crippen molar-refractivity contribution in [3.8, 4) is 0 Å². The van der Waals surface area contributed by atoms with Crippen LogP contribution in [0.4, 0.5) is 11.4 Å². The van der Waals surface area contributed by atoms with Crippen molar-refractivity contribution in [2.45, 2.75) is 12.5 Å². The maximum atomic E-state index is 13.4. The minimum atomic E-state index is -1.19. The summed E-state index contributed by atoms with van der Waals surface area (Å²) in [7, 11) is 1.51. The molecule has 3 heterocycles. The highest BCUT2D eigenvalue weighted by Crippen LogP contribution is 2.42. The Morgan fingerprint density at radius 1 is 1.27 bits per heavy atom. The van der Waals surface area contributed by atoms with Gasteiger partial charge in [0.05, 0.1) is 24.2 Å². The van der Waals surface area contributed by atoms with Crippen molar-refractivity contribution in [1.82, 2.24) is 9.97 Å². The van der Waals surface area contributed by atoms with Crippen molar-refractivity contribution in [2.24, 2.45) is 0 Å². The number of anilines is 2. The van der Waals surface area contributed by atoms with Gasteiger partial charge in [0.2, 0.25) is 0 Å². The zero-order valence-electron chi connectivity index (χ0n) is 14.4.